The van der Waals surface area contributed by atoms with Crippen molar-refractivity contribution in [1.29, 1.82) is 0 Å². The van der Waals surface area contributed by atoms with Crippen molar-refractivity contribution in [3.05, 3.63) is 30.3 Å². The zero-order valence-electron chi connectivity index (χ0n) is 13.3. The average Bonchev–Trinajstić information content (AvgIpc) is 2.46. The molecule has 0 aliphatic rings. The molecule has 0 saturated heterocycles. The Kier molecular flexibility index (Phi) is 9.14. The van der Waals surface area contributed by atoms with Crippen molar-refractivity contribution in [3.63, 3.8) is 0 Å². The van der Waals surface area contributed by atoms with Gasteiger partial charge in [0.15, 0.2) is 0 Å². The van der Waals surface area contributed by atoms with E-state index in [-0.39, 0.29) is 0 Å². The zero-order valence-corrected chi connectivity index (χ0v) is 13.3. The lowest BCUT2D eigenvalue weighted by atomic mass is 9.97. The molecule has 0 fully saturated rings. The maximum Gasteiger partial charge on any atom is 0.119 e. The van der Waals surface area contributed by atoms with Gasteiger partial charge in [-0.1, -0.05) is 44.9 Å². The lowest BCUT2D eigenvalue weighted by molar-refractivity contribution is 0.111. The van der Waals surface area contributed by atoms with Crippen molar-refractivity contribution in [3.8, 4) is 5.75 Å². The SMILES string of the molecule is CCOCC(C)CCCC(C)CCOc1ccccc1. The highest BCUT2D eigenvalue weighted by Crippen LogP contribution is 2.17. The molecule has 0 N–H and O–H groups in total. The molecule has 0 aliphatic heterocycles. The van der Waals surface area contributed by atoms with E-state index in [2.05, 4.69) is 20.8 Å². The maximum absolute atomic E-state index is 5.74. The van der Waals surface area contributed by atoms with Crippen molar-refractivity contribution < 1.29 is 9.47 Å². The Labute approximate surface area is 124 Å². The van der Waals surface area contributed by atoms with Crippen LogP contribution < -0.4 is 4.74 Å². The van der Waals surface area contributed by atoms with E-state index in [0.717, 1.165) is 37.9 Å². The quantitative estimate of drug-likeness (QED) is 0.571. The van der Waals surface area contributed by atoms with E-state index in [1.165, 1.54) is 19.3 Å². The van der Waals surface area contributed by atoms with Crippen molar-refractivity contribution in [2.75, 3.05) is 19.8 Å². The molecule has 1 aromatic carbocycles. The maximum atomic E-state index is 5.74. The fraction of sp³-hybridized carbons (Fsp3) is 0.667. The molecule has 0 bridgehead atoms. The monoisotopic (exact) mass is 278 g/mol. The summed E-state index contributed by atoms with van der Waals surface area (Å²) in [5.74, 6) is 2.39. The van der Waals surface area contributed by atoms with Gasteiger partial charge in [-0.05, 0) is 43.7 Å². The van der Waals surface area contributed by atoms with Crippen LogP contribution in [0.2, 0.25) is 0 Å². The van der Waals surface area contributed by atoms with E-state index < -0.39 is 0 Å². The summed E-state index contributed by atoms with van der Waals surface area (Å²) in [6, 6.07) is 10.1. The molecule has 2 nitrogen and oxygen atoms in total. The third-order valence-corrected chi connectivity index (χ3v) is 3.62. The molecular weight excluding hydrogens is 248 g/mol. The molecule has 0 saturated carbocycles. The number of ether oxygens (including phenoxy) is 2. The van der Waals surface area contributed by atoms with Gasteiger partial charge in [0.05, 0.1) is 6.61 Å². The highest BCUT2D eigenvalue weighted by Gasteiger charge is 2.06. The minimum absolute atomic E-state index is 0.683. The predicted molar refractivity (Wildman–Crippen MR) is 85.2 cm³/mol. The van der Waals surface area contributed by atoms with Crippen LogP contribution in [-0.4, -0.2) is 19.8 Å². The summed E-state index contributed by atoms with van der Waals surface area (Å²) < 4.78 is 11.2. The molecule has 0 radical (unpaired) electrons. The Bertz CT molecular complexity index is 323. The van der Waals surface area contributed by atoms with Crippen molar-refractivity contribution >= 4 is 0 Å². The Morgan fingerprint density at radius 2 is 1.65 bits per heavy atom. The number of para-hydroxylation sites is 1. The Morgan fingerprint density at radius 1 is 0.950 bits per heavy atom. The fourth-order valence-electron chi connectivity index (χ4n) is 2.26. The standard InChI is InChI=1S/C18H30O2/c1-4-19-15-17(3)10-8-9-16(2)13-14-20-18-11-6-5-7-12-18/h5-7,11-12,16-17H,4,8-10,13-15H2,1-3H3. The second-order valence-electron chi connectivity index (χ2n) is 5.75. The van der Waals surface area contributed by atoms with Crippen LogP contribution in [0.3, 0.4) is 0 Å². The molecule has 20 heavy (non-hydrogen) atoms. The van der Waals surface area contributed by atoms with Crippen LogP contribution in [0.5, 0.6) is 5.75 Å². The molecule has 0 aromatic heterocycles. The van der Waals surface area contributed by atoms with E-state index in [0.29, 0.717) is 5.92 Å². The molecule has 0 aliphatic carbocycles. The van der Waals surface area contributed by atoms with Gasteiger partial charge in [0.2, 0.25) is 0 Å². The molecule has 0 spiro atoms. The van der Waals surface area contributed by atoms with E-state index in [1.54, 1.807) is 0 Å². The fourth-order valence-corrected chi connectivity index (χ4v) is 2.26. The van der Waals surface area contributed by atoms with E-state index in [1.807, 2.05) is 30.3 Å². The first-order chi connectivity index (χ1) is 9.72. The third kappa shape index (κ3) is 8.21. The summed E-state index contributed by atoms with van der Waals surface area (Å²) in [5.41, 5.74) is 0. The number of benzene rings is 1. The molecule has 2 heteroatoms. The molecular formula is C18H30O2. The van der Waals surface area contributed by atoms with Gasteiger partial charge in [0, 0.05) is 13.2 Å². The van der Waals surface area contributed by atoms with Crippen molar-refractivity contribution in [1.82, 2.24) is 0 Å². The van der Waals surface area contributed by atoms with Crippen LogP contribution in [0.4, 0.5) is 0 Å². The summed E-state index contributed by atoms with van der Waals surface area (Å²) in [7, 11) is 0. The van der Waals surface area contributed by atoms with Gasteiger partial charge in [-0.2, -0.15) is 0 Å². The second-order valence-corrected chi connectivity index (χ2v) is 5.75. The molecule has 2 unspecified atom stereocenters. The lowest BCUT2D eigenvalue weighted by Gasteiger charge is -2.14. The largest absolute Gasteiger partial charge is 0.494 e. The smallest absolute Gasteiger partial charge is 0.119 e. The van der Waals surface area contributed by atoms with E-state index in [4.69, 9.17) is 9.47 Å². The van der Waals surface area contributed by atoms with Crippen molar-refractivity contribution in [2.45, 2.75) is 46.5 Å². The molecule has 0 heterocycles. The minimum Gasteiger partial charge on any atom is -0.494 e. The summed E-state index contributed by atoms with van der Waals surface area (Å²) in [6.45, 7) is 9.21. The minimum atomic E-state index is 0.683. The first-order valence-electron chi connectivity index (χ1n) is 7.98. The van der Waals surface area contributed by atoms with Gasteiger partial charge >= 0.3 is 0 Å². The predicted octanol–water partition coefficient (Wildman–Crippen LogP) is 4.93. The number of hydrogen-bond acceptors (Lipinski definition) is 2. The average molecular weight is 278 g/mol. The highest BCUT2D eigenvalue weighted by molar-refractivity contribution is 5.20. The number of hydrogen-bond donors (Lipinski definition) is 0. The normalized spacial score (nSPS) is 13.9. The van der Waals surface area contributed by atoms with Crippen molar-refractivity contribution in [2.24, 2.45) is 11.8 Å². The van der Waals surface area contributed by atoms with Gasteiger partial charge in [-0.15, -0.1) is 0 Å². The lowest BCUT2D eigenvalue weighted by Crippen LogP contribution is -2.08. The van der Waals surface area contributed by atoms with Gasteiger partial charge in [0.1, 0.15) is 5.75 Å². The van der Waals surface area contributed by atoms with E-state index >= 15 is 0 Å². The van der Waals surface area contributed by atoms with Gasteiger partial charge < -0.3 is 9.47 Å². The Hall–Kier alpha value is -1.02. The second kappa shape index (κ2) is 10.7. The molecule has 2 atom stereocenters. The van der Waals surface area contributed by atoms with Crippen LogP contribution in [0.1, 0.15) is 46.5 Å². The van der Waals surface area contributed by atoms with Crippen LogP contribution >= 0.6 is 0 Å². The summed E-state index contributed by atoms with van der Waals surface area (Å²) in [6.07, 6.45) is 4.98. The van der Waals surface area contributed by atoms with Gasteiger partial charge in [-0.3, -0.25) is 0 Å². The third-order valence-electron chi connectivity index (χ3n) is 3.62. The van der Waals surface area contributed by atoms with Crippen LogP contribution in [0.25, 0.3) is 0 Å². The Balaban J connectivity index is 2.01. The van der Waals surface area contributed by atoms with Crippen LogP contribution in [0, 0.1) is 11.8 Å². The molecule has 114 valence electrons. The highest BCUT2D eigenvalue weighted by atomic mass is 16.5. The molecule has 1 aromatic rings. The van der Waals surface area contributed by atoms with E-state index in [9.17, 15) is 0 Å². The molecule has 0 amide bonds. The topological polar surface area (TPSA) is 18.5 Å². The zero-order chi connectivity index (χ0) is 14.6. The van der Waals surface area contributed by atoms with Gasteiger partial charge in [-0.25, -0.2) is 0 Å². The van der Waals surface area contributed by atoms with Crippen LogP contribution in [0.15, 0.2) is 30.3 Å². The molecule has 1 rings (SSSR count). The first kappa shape index (κ1) is 17.0. The first-order valence-corrected chi connectivity index (χ1v) is 7.98. The van der Waals surface area contributed by atoms with Gasteiger partial charge in [0.25, 0.3) is 0 Å². The summed E-state index contributed by atoms with van der Waals surface area (Å²) >= 11 is 0. The Morgan fingerprint density at radius 3 is 2.35 bits per heavy atom. The summed E-state index contributed by atoms with van der Waals surface area (Å²) in [5, 5.41) is 0. The summed E-state index contributed by atoms with van der Waals surface area (Å²) in [4.78, 5) is 0. The number of rotatable bonds is 11. The van der Waals surface area contributed by atoms with Crippen LogP contribution in [-0.2, 0) is 4.74 Å².